The van der Waals surface area contributed by atoms with Crippen LogP contribution in [0.15, 0.2) is 205 Å². The average Bonchev–Trinajstić information content (AvgIpc) is 2.34. The summed E-state index contributed by atoms with van der Waals surface area (Å²) < 4.78 is 6.94. The van der Waals surface area contributed by atoms with Gasteiger partial charge in [-0.3, -0.25) is 0 Å². The van der Waals surface area contributed by atoms with Crippen LogP contribution in [0.3, 0.4) is 0 Å². The van der Waals surface area contributed by atoms with Crippen molar-refractivity contribution in [3.05, 3.63) is 239 Å². The quantitative estimate of drug-likeness (QED) is 0.148. The summed E-state index contributed by atoms with van der Waals surface area (Å²) in [5, 5.41) is 2.21. The molecule has 0 atom stereocenters. The Kier molecular flexibility index (Phi) is 11.6. The zero-order valence-corrected chi connectivity index (χ0v) is 48.8. The summed E-state index contributed by atoms with van der Waals surface area (Å²) in [5.41, 5.74) is 29.9. The van der Waals surface area contributed by atoms with E-state index >= 15 is 0 Å². The van der Waals surface area contributed by atoms with Gasteiger partial charge in [0.2, 0.25) is 0 Å². The number of aryl methyl sites for hydroxylation is 4. The molecule has 4 nitrogen and oxygen atoms in total. The van der Waals surface area contributed by atoms with E-state index in [1.807, 2.05) is 0 Å². The highest BCUT2D eigenvalue weighted by Gasteiger charge is 2.46. The number of anilines is 9. The lowest BCUT2D eigenvalue weighted by Gasteiger charge is -2.47. The van der Waals surface area contributed by atoms with Crippen molar-refractivity contribution in [2.75, 3.05) is 14.7 Å². The lowest BCUT2D eigenvalue weighted by molar-refractivity contribution is 0.332. The minimum atomic E-state index is -0.169. The van der Waals surface area contributed by atoms with Gasteiger partial charge in [0.1, 0.15) is 11.2 Å². The van der Waals surface area contributed by atoms with Gasteiger partial charge in [-0.1, -0.05) is 175 Å². The molecule has 0 amide bonds. The van der Waals surface area contributed by atoms with Crippen LogP contribution in [-0.4, -0.2) is 6.71 Å². The molecule has 14 rings (SSSR count). The Labute approximate surface area is 479 Å². The molecular weight excluding hydrogens is 982 g/mol. The van der Waals surface area contributed by atoms with Crippen LogP contribution in [0, 0.1) is 27.7 Å². The smallest absolute Gasteiger partial charge is 0.252 e. The van der Waals surface area contributed by atoms with E-state index in [9.17, 15) is 0 Å². The molecule has 0 unspecified atom stereocenters. The fourth-order valence-electron chi connectivity index (χ4n) is 14.2. The number of furan rings is 1. The number of fused-ring (bicyclic) bond motifs is 8. The van der Waals surface area contributed by atoms with Gasteiger partial charge in [-0.2, -0.15) is 0 Å². The summed E-state index contributed by atoms with van der Waals surface area (Å²) in [7, 11) is 0. The van der Waals surface area contributed by atoms with Gasteiger partial charge in [0, 0.05) is 56.1 Å². The van der Waals surface area contributed by atoms with Gasteiger partial charge in [0.25, 0.3) is 6.71 Å². The molecular formula is C76H70BN3O. The van der Waals surface area contributed by atoms with Gasteiger partial charge < -0.3 is 19.1 Å². The molecule has 5 heteroatoms. The minimum Gasteiger partial charge on any atom is -0.456 e. The second-order valence-corrected chi connectivity index (χ2v) is 25.9. The van der Waals surface area contributed by atoms with Gasteiger partial charge in [-0.15, -0.1) is 0 Å². The van der Waals surface area contributed by atoms with Crippen LogP contribution in [0.5, 0.6) is 0 Å². The third kappa shape index (κ3) is 8.17. The van der Waals surface area contributed by atoms with Gasteiger partial charge in [0.15, 0.2) is 0 Å². The number of para-hydroxylation sites is 3. The molecule has 81 heavy (non-hydrogen) atoms. The zero-order chi connectivity index (χ0) is 55.9. The van der Waals surface area contributed by atoms with E-state index in [4.69, 9.17) is 4.42 Å². The molecule has 0 saturated heterocycles. The number of nitrogens with zero attached hydrogens (tertiary/aromatic N) is 3. The first-order chi connectivity index (χ1) is 38.9. The summed E-state index contributed by atoms with van der Waals surface area (Å²) in [6, 6.07) is 75.8. The van der Waals surface area contributed by atoms with Crippen molar-refractivity contribution >= 4 is 96.2 Å². The van der Waals surface area contributed by atoms with Gasteiger partial charge >= 0.3 is 0 Å². The molecule has 11 aromatic rings. The topological polar surface area (TPSA) is 22.9 Å². The Morgan fingerprint density at radius 1 is 0.444 bits per heavy atom. The molecule has 3 aliphatic rings. The number of hydrogen-bond donors (Lipinski definition) is 0. The molecule has 10 aromatic carbocycles. The first-order valence-electron chi connectivity index (χ1n) is 29.1. The zero-order valence-electron chi connectivity index (χ0n) is 48.8. The van der Waals surface area contributed by atoms with Crippen molar-refractivity contribution < 1.29 is 4.42 Å². The summed E-state index contributed by atoms with van der Waals surface area (Å²) in [5.74, 6) is 0. The molecule has 0 radical (unpaired) electrons. The highest BCUT2D eigenvalue weighted by atomic mass is 16.3. The maximum Gasteiger partial charge on any atom is 0.252 e. The molecule has 3 heterocycles. The summed E-state index contributed by atoms with van der Waals surface area (Å²) >= 11 is 0. The molecule has 0 fully saturated rings. The highest BCUT2D eigenvalue weighted by Crippen LogP contribution is 2.54. The van der Waals surface area contributed by atoms with E-state index in [-0.39, 0.29) is 23.0 Å². The van der Waals surface area contributed by atoms with E-state index < -0.39 is 0 Å². The monoisotopic (exact) mass is 1050 g/mol. The summed E-state index contributed by atoms with van der Waals surface area (Å²) in [6.07, 6.45) is 2.27. The van der Waals surface area contributed by atoms with Crippen LogP contribution in [0.4, 0.5) is 51.2 Å². The molecule has 0 saturated carbocycles. The normalized spacial score (nSPS) is 14.9. The molecule has 1 aliphatic carbocycles. The molecule has 0 N–H and O–H groups in total. The predicted molar refractivity (Wildman–Crippen MR) is 346 cm³/mol. The van der Waals surface area contributed by atoms with E-state index in [0.717, 1.165) is 74.6 Å². The molecule has 1 aromatic heterocycles. The highest BCUT2D eigenvalue weighted by molar-refractivity contribution is 7.00. The van der Waals surface area contributed by atoms with Crippen LogP contribution in [0.25, 0.3) is 44.2 Å². The summed E-state index contributed by atoms with van der Waals surface area (Å²) in [4.78, 5) is 7.77. The fraction of sp³-hybridized carbons (Fsp3) is 0.211. The van der Waals surface area contributed by atoms with Crippen molar-refractivity contribution in [1.29, 1.82) is 0 Å². The Balaban J connectivity index is 1.17. The first-order valence-corrected chi connectivity index (χ1v) is 29.1. The van der Waals surface area contributed by atoms with Crippen molar-refractivity contribution in [1.82, 2.24) is 0 Å². The Hall–Kier alpha value is -8.54. The van der Waals surface area contributed by atoms with Crippen LogP contribution >= 0.6 is 0 Å². The van der Waals surface area contributed by atoms with Crippen LogP contribution in [0.1, 0.15) is 100 Å². The van der Waals surface area contributed by atoms with Crippen LogP contribution < -0.4 is 31.1 Å². The van der Waals surface area contributed by atoms with Crippen LogP contribution in [-0.2, 0) is 16.2 Å². The van der Waals surface area contributed by atoms with E-state index in [1.54, 1.807) is 0 Å². The van der Waals surface area contributed by atoms with E-state index in [1.165, 1.54) is 89.0 Å². The lowest BCUT2D eigenvalue weighted by atomic mass is 9.33. The Morgan fingerprint density at radius 3 is 1.67 bits per heavy atom. The Morgan fingerprint density at radius 2 is 1.02 bits per heavy atom. The van der Waals surface area contributed by atoms with Gasteiger partial charge in [-0.25, -0.2) is 0 Å². The van der Waals surface area contributed by atoms with Gasteiger partial charge in [-0.05, 0) is 202 Å². The Bertz CT molecular complexity index is 4270. The first kappa shape index (κ1) is 50.7. The maximum absolute atomic E-state index is 6.94. The standard InChI is InChI=1S/C76H70BN3O/c1-47-37-49(3)72(50(4)38-47)52-31-33-62-66(40-52)80(65-45-61-60(39-48(65)2)75(8,9)35-36-76(61,10)11)69-43-56(78(54-25-17-13-18-26-54)55-27-19-14-20-28-55)42-68-73(69)77(62)63-46-71-59(57-29-21-22-30-70(57)81-71)44-67(63)79(68)64-34-32-53(74(5,6)7)41-58(64)51-23-15-12-16-24-51/h12-34,37-46H,35-36H2,1-11H3. The minimum absolute atomic E-state index is 0.0220. The number of hydrogen-bond acceptors (Lipinski definition) is 4. The van der Waals surface area contributed by atoms with Crippen molar-refractivity contribution in [3.63, 3.8) is 0 Å². The number of benzene rings is 10. The van der Waals surface area contributed by atoms with Crippen molar-refractivity contribution in [3.8, 4) is 22.3 Å². The maximum atomic E-state index is 6.94. The third-order valence-corrected chi connectivity index (χ3v) is 18.4. The predicted octanol–water partition coefficient (Wildman–Crippen LogP) is 19.4. The van der Waals surface area contributed by atoms with Gasteiger partial charge in [0.05, 0.1) is 11.4 Å². The van der Waals surface area contributed by atoms with E-state index in [2.05, 4.69) is 291 Å². The molecule has 0 spiro atoms. The second-order valence-electron chi connectivity index (χ2n) is 25.9. The largest absolute Gasteiger partial charge is 0.456 e. The lowest BCUT2D eigenvalue weighted by Crippen LogP contribution is -2.61. The second kappa shape index (κ2) is 18.5. The van der Waals surface area contributed by atoms with Crippen LogP contribution in [0.2, 0.25) is 0 Å². The van der Waals surface area contributed by atoms with Crippen molar-refractivity contribution in [2.45, 2.75) is 105 Å². The molecule has 2 aliphatic heterocycles. The number of rotatable bonds is 7. The SMILES string of the molecule is Cc1cc(C)c(-c2ccc3c(c2)N(c2cc4c(cc2C)C(C)(C)CCC4(C)C)c2cc(N(c4ccccc4)c4ccccc4)cc4c2B3c2cc3oc5ccccc5c3cc2N4c2ccc(C(C)(C)C)cc2-c2ccccc2)c(C)c1. The average molecular weight is 1050 g/mol. The van der Waals surface area contributed by atoms with Crippen molar-refractivity contribution in [2.24, 2.45) is 0 Å². The van der Waals surface area contributed by atoms with E-state index in [0.29, 0.717) is 0 Å². The fourth-order valence-corrected chi connectivity index (χ4v) is 14.2. The summed E-state index contributed by atoms with van der Waals surface area (Å²) in [6.45, 7) is 25.8. The third-order valence-electron chi connectivity index (χ3n) is 18.4. The molecule has 0 bridgehead atoms. The molecule has 398 valence electrons.